The summed E-state index contributed by atoms with van der Waals surface area (Å²) < 4.78 is 5.45. The van der Waals surface area contributed by atoms with E-state index in [1.807, 2.05) is 42.3 Å². The molecule has 2 aromatic rings. The van der Waals surface area contributed by atoms with Gasteiger partial charge in [0.25, 0.3) is 0 Å². The average molecular weight is 437 g/mol. The van der Waals surface area contributed by atoms with Crippen LogP contribution in [-0.4, -0.2) is 60.7 Å². The Bertz CT molecular complexity index is 825. The Morgan fingerprint density at radius 3 is 2.48 bits per heavy atom. The first-order valence-electron chi connectivity index (χ1n) is 9.73. The molecule has 7 heteroatoms. The van der Waals surface area contributed by atoms with Crippen LogP contribution in [0.15, 0.2) is 42.5 Å². The number of aliphatic hydroxyl groups excluding tert-OH is 1. The van der Waals surface area contributed by atoms with Crippen molar-refractivity contribution in [3.05, 3.63) is 63.6 Å². The van der Waals surface area contributed by atoms with E-state index in [1.54, 1.807) is 12.1 Å². The van der Waals surface area contributed by atoms with E-state index in [2.05, 4.69) is 4.90 Å². The van der Waals surface area contributed by atoms with Crippen molar-refractivity contribution in [1.82, 2.24) is 9.80 Å². The van der Waals surface area contributed by atoms with E-state index >= 15 is 0 Å². The second kappa shape index (κ2) is 10.3. The van der Waals surface area contributed by atoms with Gasteiger partial charge in [0.2, 0.25) is 5.91 Å². The van der Waals surface area contributed by atoms with Crippen molar-refractivity contribution in [2.45, 2.75) is 18.9 Å². The topological polar surface area (TPSA) is 53.0 Å². The minimum absolute atomic E-state index is 0.0225. The fourth-order valence-corrected chi connectivity index (χ4v) is 3.65. The number of nitrogens with zero attached hydrogens (tertiary/aromatic N) is 2. The molecule has 0 aliphatic carbocycles. The van der Waals surface area contributed by atoms with Crippen LogP contribution in [0.3, 0.4) is 0 Å². The minimum atomic E-state index is -0.0579. The molecule has 0 bridgehead atoms. The highest BCUT2D eigenvalue weighted by molar-refractivity contribution is 6.42. The lowest BCUT2D eigenvalue weighted by Crippen LogP contribution is -2.45. The number of ether oxygens (including phenoxy) is 1. The van der Waals surface area contributed by atoms with Crippen molar-refractivity contribution in [1.29, 1.82) is 0 Å². The molecule has 3 rings (SSSR count). The van der Waals surface area contributed by atoms with Crippen LogP contribution in [0.5, 0.6) is 5.75 Å². The maximum absolute atomic E-state index is 13.0. The molecule has 1 heterocycles. The highest BCUT2D eigenvalue weighted by atomic mass is 35.5. The number of halogens is 2. The average Bonchev–Trinajstić information content (AvgIpc) is 2.68. The van der Waals surface area contributed by atoms with Crippen molar-refractivity contribution >= 4 is 29.1 Å². The number of carbonyl (C=O) groups is 1. The summed E-state index contributed by atoms with van der Waals surface area (Å²) in [5.74, 6) is 0.727. The lowest BCUT2D eigenvalue weighted by molar-refractivity contribution is -0.132. The van der Waals surface area contributed by atoms with Crippen LogP contribution in [0.4, 0.5) is 0 Å². The summed E-state index contributed by atoms with van der Waals surface area (Å²) in [7, 11) is 1.85. The zero-order valence-electron chi connectivity index (χ0n) is 16.5. The highest BCUT2D eigenvalue weighted by Gasteiger charge is 2.26. The van der Waals surface area contributed by atoms with E-state index in [1.165, 1.54) is 6.42 Å². The van der Waals surface area contributed by atoms with Gasteiger partial charge in [0.15, 0.2) is 0 Å². The maximum atomic E-state index is 13.0. The van der Waals surface area contributed by atoms with Gasteiger partial charge in [-0.3, -0.25) is 4.79 Å². The lowest BCUT2D eigenvalue weighted by Gasteiger charge is -2.38. The molecule has 156 valence electrons. The zero-order chi connectivity index (χ0) is 20.8. The van der Waals surface area contributed by atoms with Crippen LogP contribution in [-0.2, 0) is 11.2 Å². The molecule has 1 atom stereocenters. The molecule has 0 unspecified atom stereocenters. The molecule has 0 spiro atoms. The first-order valence-corrected chi connectivity index (χ1v) is 10.5. The Hall–Kier alpha value is -1.79. The SMILES string of the molecule is CN(C(=O)Cc1ccc(Cl)c(Cl)c1)[C@H](CN1CCC1)c1ccc(OCCO)cc1. The zero-order valence-corrected chi connectivity index (χ0v) is 18.0. The number of amides is 1. The molecule has 1 aliphatic heterocycles. The van der Waals surface area contributed by atoms with Gasteiger partial charge >= 0.3 is 0 Å². The van der Waals surface area contributed by atoms with Crippen molar-refractivity contribution in [3.8, 4) is 5.75 Å². The van der Waals surface area contributed by atoms with Gasteiger partial charge in [-0.15, -0.1) is 0 Å². The van der Waals surface area contributed by atoms with Crippen LogP contribution in [0.1, 0.15) is 23.6 Å². The summed E-state index contributed by atoms with van der Waals surface area (Å²) in [5.41, 5.74) is 1.89. The van der Waals surface area contributed by atoms with Crippen molar-refractivity contribution < 1.29 is 14.6 Å². The summed E-state index contributed by atoms with van der Waals surface area (Å²) in [6, 6.07) is 13.0. The van der Waals surface area contributed by atoms with Crippen molar-refractivity contribution in [2.75, 3.05) is 39.9 Å². The molecule has 2 aromatic carbocycles. The van der Waals surface area contributed by atoms with Gasteiger partial charge in [-0.25, -0.2) is 0 Å². The van der Waals surface area contributed by atoms with E-state index in [0.29, 0.717) is 15.8 Å². The fourth-order valence-electron chi connectivity index (χ4n) is 3.33. The Labute approximate surface area is 181 Å². The maximum Gasteiger partial charge on any atom is 0.227 e. The van der Waals surface area contributed by atoms with Crippen LogP contribution in [0.25, 0.3) is 0 Å². The third-order valence-corrected chi connectivity index (χ3v) is 5.94. The molecule has 1 fully saturated rings. The summed E-state index contributed by atoms with van der Waals surface area (Å²) >= 11 is 12.1. The van der Waals surface area contributed by atoms with Crippen LogP contribution in [0.2, 0.25) is 10.0 Å². The van der Waals surface area contributed by atoms with Gasteiger partial charge in [-0.1, -0.05) is 41.4 Å². The third-order valence-electron chi connectivity index (χ3n) is 5.20. The van der Waals surface area contributed by atoms with Gasteiger partial charge in [-0.05, 0) is 54.9 Å². The fraction of sp³-hybridized carbons (Fsp3) is 0.409. The Kier molecular flexibility index (Phi) is 7.78. The number of hydrogen-bond donors (Lipinski definition) is 1. The van der Waals surface area contributed by atoms with Crippen LogP contribution >= 0.6 is 23.2 Å². The van der Waals surface area contributed by atoms with E-state index in [0.717, 1.165) is 30.8 Å². The number of rotatable bonds is 9. The van der Waals surface area contributed by atoms with Crippen LogP contribution in [0, 0.1) is 0 Å². The van der Waals surface area contributed by atoms with Crippen molar-refractivity contribution in [2.24, 2.45) is 0 Å². The number of likely N-dealkylation sites (tertiary alicyclic amines) is 1. The normalized spacial score (nSPS) is 14.9. The number of carbonyl (C=O) groups excluding carboxylic acids is 1. The molecular formula is C22H26Cl2N2O3. The second-order valence-electron chi connectivity index (χ2n) is 7.24. The minimum Gasteiger partial charge on any atom is -0.491 e. The Morgan fingerprint density at radius 2 is 1.90 bits per heavy atom. The molecule has 1 aliphatic rings. The molecule has 0 saturated carbocycles. The molecule has 1 amide bonds. The third kappa shape index (κ3) is 5.86. The van der Waals surface area contributed by atoms with Crippen molar-refractivity contribution in [3.63, 3.8) is 0 Å². The quantitative estimate of drug-likeness (QED) is 0.648. The Balaban J connectivity index is 1.73. The number of benzene rings is 2. The summed E-state index contributed by atoms with van der Waals surface area (Å²) in [6.07, 6.45) is 1.46. The van der Waals surface area contributed by atoms with E-state index in [9.17, 15) is 4.79 Å². The monoisotopic (exact) mass is 436 g/mol. The van der Waals surface area contributed by atoms with Gasteiger partial charge < -0.3 is 19.6 Å². The smallest absolute Gasteiger partial charge is 0.227 e. The molecule has 0 radical (unpaired) electrons. The lowest BCUT2D eigenvalue weighted by atomic mass is 10.0. The van der Waals surface area contributed by atoms with Gasteiger partial charge in [0, 0.05) is 13.6 Å². The van der Waals surface area contributed by atoms with E-state index < -0.39 is 0 Å². The summed E-state index contributed by atoms with van der Waals surface area (Å²) in [6.45, 7) is 3.15. The van der Waals surface area contributed by atoms with Gasteiger partial charge in [-0.2, -0.15) is 0 Å². The van der Waals surface area contributed by atoms with E-state index in [-0.39, 0.29) is 31.6 Å². The molecule has 5 nitrogen and oxygen atoms in total. The number of likely N-dealkylation sites (N-methyl/N-ethyl adjacent to an activating group) is 1. The predicted octanol–water partition coefficient (Wildman–Crippen LogP) is 3.81. The number of aliphatic hydroxyl groups is 1. The highest BCUT2D eigenvalue weighted by Crippen LogP contribution is 2.27. The molecule has 1 N–H and O–H groups in total. The first kappa shape index (κ1) is 21.9. The Morgan fingerprint density at radius 1 is 1.17 bits per heavy atom. The standard InChI is InChI=1S/C22H26Cl2N2O3/c1-25(22(28)14-16-3-8-19(23)20(24)13-16)21(15-26-9-2-10-26)17-4-6-18(7-5-17)29-12-11-27/h3-8,13,21,27H,2,9-12,14-15H2,1H3/t21-/m1/s1. The number of hydrogen-bond acceptors (Lipinski definition) is 4. The molecule has 0 aromatic heterocycles. The van der Waals surface area contributed by atoms with Crippen LogP contribution < -0.4 is 4.74 Å². The second-order valence-corrected chi connectivity index (χ2v) is 8.06. The van der Waals surface area contributed by atoms with Gasteiger partial charge in [0.05, 0.1) is 29.1 Å². The predicted molar refractivity (Wildman–Crippen MR) is 116 cm³/mol. The summed E-state index contributed by atoms with van der Waals surface area (Å²) in [4.78, 5) is 17.2. The molecule has 1 saturated heterocycles. The first-order chi connectivity index (χ1) is 14.0. The molecular weight excluding hydrogens is 411 g/mol. The summed E-state index contributed by atoms with van der Waals surface area (Å²) in [5, 5.41) is 9.84. The molecule has 29 heavy (non-hydrogen) atoms. The largest absolute Gasteiger partial charge is 0.491 e. The van der Waals surface area contributed by atoms with E-state index in [4.69, 9.17) is 33.0 Å². The van der Waals surface area contributed by atoms with Gasteiger partial charge in [0.1, 0.15) is 12.4 Å².